The highest BCUT2D eigenvalue weighted by atomic mass is 16.1. The number of hydrogen-bond acceptors (Lipinski definition) is 4. The standard InChI is InChI=1S/C18H25N5O/c1-2-21-12-14-22(15-13-21)10-9-18(24)19-17-8-11-23(20-17)16-6-4-3-5-7-16/h3-8,11H,2,9-10,12-15H2,1H3,(H,19,20,24). The third-order valence-corrected chi connectivity index (χ3v) is 4.44. The number of rotatable bonds is 6. The summed E-state index contributed by atoms with van der Waals surface area (Å²) in [5.41, 5.74) is 0.979. The number of anilines is 1. The van der Waals surface area contributed by atoms with E-state index in [0.29, 0.717) is 12.2 Å². The number of hydrogen-bond donors (Lipinski definition) is 1. The normalized spacial score (nSPS) is 16.2. The van der Waals surface area contributed by atoms with Gasteiger partial charge in [-0.3, -0.25) is 4.79 Å². The van der Waals surface area contributed by atoms with Gasteiger partial charge in [0, 0.05) is 51.4 Å². The quantitative estimate of drug-likeness (QED) is 0.880. The van der Waals surface area contributed by atoms with E-state index in [1.807, 2.05) is 42.6 Å². The number of aromatic nitrogens is 2. The van der Waals surface area contributed by atoms with Crippen molar-refractivity contribution < 1.29 is 4.79 Å². The zero-order valence-electron chi connectivity index (χ0n) is 14.2. The molecule has 128 valence electrons. The minimum atomic E-state index is 0.0197. The molecule has 24 heavy (non-hydrogen) atoms. The Bertz CT molecular complexity index is 646. The van der Waals surface area contributed by atoms with E-state index in [9.17, 15) is 4.79 Å². The topological polar surface area (TPSA) is 53.4 Å². The molecule has 0 unspecified atom stereocenters. The van der Waals surface area contributed by atoms with Gasteiger partial charge < -0.3 is 15.1 Å². The van der Waals surface area contributed by atoms with Crippen LogP contribution in [0.4, 0.5) is 5.82 Å². The van der Waals surface area contributed by atoms with Crippen LogP contribution >= 0.6 is 0 Å². The Labute approximate surface area is 143 Å². The average Bonchev–Trinajstić information content (AvgIpc) is 3.09. The van der Waals surface area contributed by atoms with Gasteiger partial charge in [0.05, 0.1) is 5.69 Å². The van der Waals surface area contributed by atoms with Gasteiger partial charge >= 0.3 is 0 Å². The van der Waals surface area contributed by atoms with Crippen molar-refractivity contribution in [3.8, 4) is 5.69 Å². The van der Waals surface area contributed by atoms with Crippen LogP contribution in [0.1, 0.15) is 13.3 Å². The summed E-state index contributed by atoms with van der Waals surface area (Å²) >= 11 is 0. The van der Waals surface area contributed by atoms with E-state index in [0.717, 1.165) is 45.0 Å². The van der Waals surface area contributed by atoms with Gasteiger partial charge in [-0.2, -0.15) is 5.10 Å². The number of carbonyl (C=O) groups is 1. The van der Waals surface area contributed by atoms with Crippen molar-refractivity contribution in [2.75, 3.05) is 44.6 Å². The lowest BCUT2D eigenvalue weighted by Crippen LogP contribution is -2.46. The summed E-state index contributed by atoms with van der Waals surface area (Å²) in [6.07, 6.45) is 2.36. The number of carbonyl (C=O) groups excluding carboxylic acids is 1. The van der Waals surface area contributed by atoms with Crippen molar-refractivity contribution in [2.45, 2.75) is 13.3 Å². The van der Waals surface area contributed by atoms with Crippen molar-refractivity contribution in [1.82, 2.24) is 19.6 Å². The summed E-state index contributed by atoms with van der Waals surface area (Å²) in [4.78, 5) is 16.9. The summed E-state index contributed by atoms with van der Waals surface area (Å²) < 4.78 is 1.76. The second-order valence-corrected chi connectivity index (χ2v) is 6.06. The first kappa shape index (κ1) is 16.7. The van der Waals surface area contributed by atoms with E-state index in [1.54, 1.807) is 4.68 Å². The van der Waals surface area contributed by atoms with Crippen LogP contribution in [0.5, 0.6) is 0 Å². The summed E-state index contributed by atoms with van der Waals surface area (Å²) in [5.74, 6) is 0.617. The molecule has 6 nitrogen and oxygen atoms in total. The summed E-state index contributed by atoms with van der Waals surface area (Å²) in [6.45, 7) is 8.39. The molecule has 3 rings (SSSR count). The van der Waals surface area contributed by atoms with Gasteiger partial charge in [0.2, 0.25) is 5.91 Å². The maximum atomic E-state index is 12.1. The largest absolute Gasteiger partial charge is 0.309 e. The van der Waals surface area contributed by atoms with Crippen LogP contribution in [0.25, 0.3) is 5.69 Å². The van der Waals surface area contributed by atoms with Crippen molar-refractivity contribution in [3.05, 3.63) is 42.6 Å². The first-order chi connectivity index (χ1) is 11.7. The van der Waals surface area contributed by atoms with Crippen LogP contribution in [0, 0.1) is 0 Å². The molecule has 1 aliphatic heterocycles. The van der Waals surface area contributed by atoms with Crippen molar-refractivity contribution in [3.63, 3.8) is 0 Å². The predicted molar refractivity (Wildman–Crippen MR) is 95.4 cm³/mol. The molecule has 2 aromatic rings. The summed E-state index contributed by atoms with van der Waals surface area (Å²) in [6, 6.07) is 11.7. The van der Waals surface area contributed by atoms with Crippen molar-refractivity contribution in [1.29, 1.82) is 0 Å². The predicted octanol–water partition coefficient (Wildman–Crippen LogP) is 1.84. The lowest BCUT2D eigenvalue weighted by Gasteiger charge is -2.33. The number of nitrogens with zero attached hydrogens (tertiary/aromatic N) is 4. The van der Waals surface area contributed by atoms with Crippen molar-refractivity contribution in [2.24, 2.45) is 0 Å². The second kappa shape index (κ2) is 8.08. The molecule has 1 fully saturated rings. The molecule has 0 radical (unpaired) electrons. The molecule has 6 heteroatoms. The zero-order chi connectivity index (χ0) is 16.8. The molecule has 1 amide bonds. The van der Waals surface area contributed by atoms with E-state index in [1.165, 1.54) is 0 Å². The van der Waals surface area contributed by atoms with Gasteiger partial charge in [-0.15, -0.1) is 0 Å². The Kier molecular flexibility index (Phi) is 5.61. The lowest BCUT2D eigenvalue weighted by atomic mass is 10.3. The van der Waals surface area contributed by atoms with Crippen LogP contribution in [-0.2, 0) is 4.79 Å². The molecule has 0 spiro atoms. The van der Waals surface area contributed by atoms with Gasteiger partial charge in [-0.1, -0.05) is 25.1 Å². The minimum absolute atomic E-state index is 0.0197. The van der Waals surface area contributed by atoms with Gasteiger partial charge in [0.25, 0.3) is 0 Å². The minimum Gasteiger partial charge on any atom is -0.309 e. The van der Waals surface area contributed by atoms with E-state index in [2.05, 4.69) is 27.1 Å². The van der Waals surface area contributed by atoms with Crippen LogP contribution in [0.15, 0.2) is 42.6 Å². The maximum Gasteiger partial charge on any atom is 0.226 e. The number of benzene rings is 1. The molecule has 0 saturated carbocycles. The average molecular weight is 327 g/mol. The van der Waals surface area contributed by atoms with Gasteiger partial charge in [-0.05, 0) is 18.7 Å². The third-order valence-electron chi connectivity index (χ3n) is 4.44. The monoisotopic (exact) mass is 327 g/mol. The molecular formula is C18H25N5O. The molecule has 1 aromatic carbocycles. The number of nitrogens with one attached hydrogen (secondary N) is 1. The van der Waals surface area contributed by atoms with Crippen LogP contribution in [0.2, 0.25) is 0 Å². The Morgan fingerprint density at radius 1 is 1.08 bits per heavy atom. The fourth-order valence-electron chi connectivity index (χ4n) is 2.91. The summed E-state index contributed by atoms with van der Waals surface area (Å²) in [5, 5.41) is 7.28. The SMILES string of the molecule is CCN1CCN(CCC(=O)Nc2ccn(-c3ccccc3)n2)CC1. The fourth-order valence-corrected chi connectivity index (χ4v) is 2.91. The number of likely N-dealkylation sites (N-methyl/N-ethyl adjacent to an activating group) is 1. The first-order valence-corrected chi connectivity index (χ1v) is 8.60. The maximum absolute atomic E-state index is 12.1. The fraction of sp³-hybridized carbons (Fsp3) is 0.444. The third kappa shape index (κ3) is 4.43. The van der Waals surface area contributed by atoms with E-state index in [-0.39, 0.29) is 5.91 Å². The lowest BCUT2D eigenvalue weighted by molar-refractivity contribution is -0.116. The first-order valence-electron chi connectivity index (χ1n) is 8.60. The van der Waals surface area contributed by atoms with Gasteiger partial charge in [0.15, 0.2) is 5.82 Å². The molecule has 1 saturated heterocycles. The van der Waals surface area contributed by atoms with Gasteiger partial charge in [-0.25, -0.2) is 4.68 Å². The Hall–Kier alpha value is -2.18. The molecule has 0 aliphatic carbocycles. The highest BCUT2D eigenvalue weighted by Gasteiger charge is 2.16. The highest BCUT2D eigenvalue weighted by molar-refractivity contribution is 5.89. The molecule has 2 heterocycles. The van der Waals surface area contributed by atoms with Crippen LogP contribution < -0.4 is 5.32 Å². The number of amides is 1. The van der Waals surface area contributed by atoms with E-state index < -0.39 is 0 Å². The van der Waals surface area contributed by atoms with E-state index >= 15 is 0 Å². The smallest absolute Gasteiger partial charge is 0.226 e. The highest BCUT2D eigenvalue weighted by Crippen LogP contribution is 2.10. The van der Waals surface area contributed by atoms with Crippen molar-refractivity contribution >= 4 is 11.7 Å². The van der Waals surface area contributed by atoms with Crippen LogP contribution in [-0.4, -0.2) is 64.8 Å². The Balaban J connectivity index is 1.45. The summed E-state index contributed by atoms with van der Waals surface area (Å²) in [7, 11) is 0. The second-order valence-electron chi connectivity index (χ2n) is 6.06. The molecule has 0 atom stereocenters. The molecular weight excluding hydrogens is 302 g/mol. The molecule has 1 aromatic heterocycles. The van der Waals surface area contributed by atoms with E-state index in [4.69, 9.17) is 0 Å². The number of para-hydroxylation sites is 1. The Morgan fingerprint density at radius 3 is 2.50 bits per heavy atom. The molecule has 1 N–H and O–H groups in total. The molecule has 1 aliphatic rings. The zero-order valence-corrected chi connectivity index (χ0v) is 14.2. The van der Waals surface area contributed by atoms with Gasteiger partial charge in [0.1, 0.15) is 0 Å². The van der Waals surface area contributed by atoms with Crippen LogP contribution in [0.3, 0.4) is 0 Å². The molecule has 0 bridgehead atoms. The number of piperazine rings is 1. The Morgan fingerprint density at radius 2 is 1.79 bits per heavy atom.